The van der Waals surface area contributed by atoms with Crippen molar-refractivity contribution in [2.75, 3.05) is 0 Å². The van der Waals surface area contributed by atoms with Crippen LogP contribution in [0.25, 0.3) is 0 Å². The molecule has 88 valence electrons. The highest BCUT2D eigenvalue weighted by Gasteiger charge is 2.74. The quantitative estimate of drug-likeness (QED) is 0.765. The Morgan fingerprint density at radius 3 is 2.33 bits per heavy atom. The number of amides is 1. The Morgan fingerprint density at radius 1 is 1.53 bits per heavy atom. The average molecular weight is 252 g/mol. The van der Waals surface area contributed by atoms with Crippen LogP contribution in [0.15, 0.2) is 0 Å². The van der Waals surface area contributed by atoms with Gasteiger partial charge in [0.25, 0.3) is 0 Å². The van der Waals surface area contributed by atoms with E-state index in [1.807, 2.05) is 20.8 Å². The van der Waals surface area contributed by atoms with Gasteiger partial charge in [-0.15, -0.1) is 23.2 Å². The van der Waals surface area contributed by atoms with Crippen LogP contribution in [0.4, 0.5) is 0 Å². The van der Waals surface area contributed by atoms with Crippen LogP contribution in [0.1, 0.15) is 40.5 Å². The van der Waals surface area contributed by atoms with E-state index in [4.69, 9.17) is 23.2 Å². The molecule has 1 aliphatic carbocycles. The SMILES string of the molecule is CCCC(C)NC(=O)C1(C)C(C)C1(Cl)Cl. The molecular formula is C11H19Cl2NO. The van der Waals surface area contributed by atoms with Gasteiger partial charge in [0.1, 0.15) is 4.33 Å². The first-order valence-corrected chi connectivity index (χ1v) is 6.22. The molecule has 1 N–H and O–H groups in total. The smallest absolute Gasteiger partial charge is 0.229 e. The molecule has 2 nitrogen and oxygen atoms in total. The summed E-state index contributed by atoms with van der Waals surface area (Å²) in [5.41, 5.74) is -0.627. The number of hydrogen-bond acceptors (Lipinski definition) is 1. The van der Waals surface area contributed by atoms with Gasteiger partial charge in [-0.25, -0.2) is 0 Å². The Kier molecular flexibility index (Phi) is 3.62. The first kappa shape index (κ1) is 13.1. The van der Waals surface area contributed by atoms with Crippen molar-refractivity contribution in [3.63, 3.8) is 0 Å². The molecule has 0 aromatic heterocycles. The van der Waals surface area contributed by atoms with Crippen molar-refractivity contribution >= 4 is 29.1 Å². The van der Waals surface area contributed by atoms with Gasteiger partial charge in [0.2, 0.25) is 5.91 Å². The number of carbonyl (C=O) groups excluding carboxylic acids is 1. The van der Waals surface area contributed by atoms with Gasteiger partial charge in [-0.3, -0.25) is 4.79 Å². The third kappa shape index (κ3) is 1.99. The molecule has 0 aromatic carbocycles. The zero-order valence-corrected chi connectivity index (χ0v) is 11.2. The number of carbonyl (C=O) groups is 1. The fourth-order valence-corrected chi connectivity index (χ4v) is 2.79. The van der Waals surface area contributed by atoms with E-state index in [1.54, 1.807) is 0 Å². The molecule has 1 saturated carbocycles. The van der Waals surface area contributed by atoms with Gasteiger partial charge < -0.3 is 5.32 Å². The van der Waals surface area contributed by atoms with E-state index in [-0.39, 0.29) is 17.9 Å². The van der Waals surface area contributed by atoms with E-state index >= 15 is 0 Å². The largest absolute Gasteiger partial charge is 0.353 e. The minimum atomic E-state index is -0.900. The van der Waals surface area contributed by atoms with Crippen molar-refractivity contribution in [1.29, 1.82) is 0 Å². The molecular weight excluding hydrogens is 233 g/mol. The summed E-state index contributed by atoms with van der Waals surface area (Å²) < 4.78 is -0.900. The molecule has 4 heteroatoms. The summed E-state index contributed by atoms with van der Waals surface area (Å²) in [5, 5.41) is 2.96. The average Bonchev–Trinajstić information content (AvgIpc) is 2.52. The zero-order chi connectivity index (χ0) is 11.9. The fraction of sp³-hybridized carbons (Fsp3) is 0.909. The van der Waals surface area contributed by atoms with Gasteiger partial charge in [0.05, 0.1) is 5.41 Å². The van der Waals surface area contributed by atoms with E-state index in [1.165, 1.54) is 0 Å². The molecule has 1 rings (SSSR count). The summed E-state index contributed by atoms with van der Waals surface area (Å²) in [4.78, 5) is 12.0. The molecule has 15 heavy (non-hydrogen) atoms. The second kappa shape index (κ2) is 4.14. The van der Waals surface area contributed by atoms with Crippen molar-refractivity contribution < 1.29 is 4.79 Å². The fourth-order valence-electron chi connectivity index (χ4n) is 1.96. The first-order valence-electron chi connectivity index (χ1n) is 5.47. The maximum absolute atomic E-state index is 12.0. The highest BCUT2D eigenvalue weighted by molar-refractivity contribution is 6.53. The van der Waals surface area contributed by atoms with Gasteiger partial charge in [0, 0.05) is 12.0 Å². The minimum absolute atomic E-state index is 0.0159. The van der Waals surface area contributed by atoms with E-state index in [9.17, 15) is 4.79 Å². The Hall–Kier alpha value is 0.0500. The summed E-state index contributed by atoms with van der Waals surface area (Å²) in [6.45, 7) is 7.83. The molecule has 1 aliphatic rings. The van der Waals surface area contributed by atoms with Crippen LogP contribution < -0.4 is 5.32 Å². The van der Waals surface area contributed by atoms with Gasteiger partial charge >= 0.3 is 0 Å². The van der Waals surface area contributed by atoms with Gasteiger partial charge in [-0.2, -0.15) is 0 Å². The molecule has 1 amide bonds. The van der Waals surface area contributed by atoms with Gasteiger partial charge in [-0.1, -0.05) is 20.3 Å². The number of alkyl halides is 2. The second-order valence-electron chi connectivity index (χ2n) is 4.71. The summed E-state index contributed by atoms with van der Waals surface area (Å²) >= 11 is 12.1. The molecule has 0 spiro atoms. The van der Waals surface area contributed by atoms with E-state index in [0.717, 1.165) is 12.8 Å². The van der Waals surface area contributed by atoms with Crippen LogP contribution in [0.2, 0.25) is 0 Å². The van der Waals surface area contributed by atoms with Crippen LogP contribution in [0.3, 0.4) is 0 Å². The van der Waals surface area contributed by atoms with Crippen molar-refractivity contribution in [1.82, 2.24) is 5.32 Å². The van der Waals surface area contributed by atoms with Crippen LogP contribution in [0.5, 0.6) is 0 Å². The third-order valence-corrected chi connectivity index (χ3v) is 5.03. The Balaban J connectivity index is 2.57. The van der Waals surface area contributed by atoms with Gasteiger partial charge in [-0.05, 0) is 20.3 Å². The lowest BCUT2D eigenvalue weighted by Crippen LogP contribution is -2.39. The van der Waals surface area contributed by atoms with Crippen molar-refractivity contribution in [3.05, 3.63) is 0 Å². The molecule has 3 unspecified atom stereocenters. The summed E-state index contributed by atoms with van der Waals surface area (Å²) in [7, 11) is 0. The first-order chi connectivity index (χ1) is 6.78. The van der Waals surface area contributed by atoms with Gasteiger partial charge in [0.15, 0.2) is 0 Å². The van der Waals surface area contributed by atoms with Crippen LogP contribution in [-0.2, 0) is 4.79 Å². The second-order valence-corrected chi connectivity index (χ2v) is 6.10. The molecule has 0 heterocycles. The normalized spacial score (nSPS) is 34.7. The van der Waals surface area contributed by atoms with Crippen molar-refractivity contribution in [2.45, 2.75) is 50.9 Å². The van der Waals surface area contributed by atoms with Crippen molar-refractivity contribution in [3.8, 4) is 0 Å². The number of hydrogen-bond donors (Lipinski definition) is 1. The monoisotopic (exact) mass is 251 g/mol. The minimum Gasteiger partial charge on any atom is -0.353 e. The van der Waals surface area contributed by atoms with E-state index < -0.39 is 9.75 Å². The summed E-state index contributed by atoms with van der Waals surface area (Å²) in [6.07, 6.45) is 2.04. The molecule has 1 fully saturated rings. The number of rotatable bonds is 4. The topological polar surface area (TPSA) is 29.1 Å². The third-order valence-electron chi connectivity index (χ3n) is 3.59. The van der Waals surface area contributed by atoms with Crippen LogP contribution in [0, 0.1) is 11.3 Å². The molecule has 0 saturated heterocycles. The van der Waals surface area contributed by atoms with E-state index in [0.29, 0.717) is 0 Å². The molecule has 3 atom stereocenters. The lowest BCUT2D eigenvalue weighted by Gasteiger charge is -2.17. The Labute approximate surface area is 102 Å². The highest BCUT2D eigenvalue weighted by atomic mass is 35.5. The maximum Gasteiger partial charge on any atom is 0.229 e. The molecule has 0 radical (unpaired) electrons. The number of halogens is 2. The Morgan fingerprint density at radius 2 is 2.00 bits per heavy atom. The van der Waals surface area contributed by atoms with Crippen LogP contribution >= 0.6 is 23.2 Å². The maximum atomic E-state index is 12.0. The van der Waals surface area contributed by atoms with E-state index in [2.05, 4.69) is 12.2 Å². The summed E-state index contributed by atoms with van der Waals surface area (Å²) in [6, 6.07) is 0.191. The standard InChI is InChI=1S/C11H19Cl2NO/c1-5-6-7(2)14-9(15)10(4)8(3)11(10,12)13/h7-8H,5-6H2,1-4H3,(H,14,15). The Bertz CT molecular complexity index is 267. The molecule has 0 bridgehead atoms. The lowest BCUT2D eigenvalue weighted by atomic mass is 10.1. The highest BCUT2D eigenvalue weighted by Crippen LogP contribution is 2.68. The summed E-state index contributed by atoms with van der Waals surface area (Å²) in [5.74, 6) is -0.0110. The van der Waals surface area contributed by atoms with Crippen LogP contribution in [-0.4, -0.2) is 16.3 Å². The molecule has 0 aromatic rings. The number of nitrogens with one attached hydrogen (secondary N) is 1. The predicted octanol–water partition coefficient (Wildman–Crippen LogP) is 3.12. The lowest BCUT2D eigenvalue weighted by molar-refractivity contribution is -0.126. The zero-order valence-electron chi connectivity index (χ0n) is 9.73. The molecule has 0 aliphatic heterocycles. The predicted molar refractivity (Wildman–Crippen MR) is 64.2 cm³/mol. The van der Waals surface area contributed by atoms with Crippen molar-refractivity contribution in [2.24, 2.45) is 11.3 Å².